The van der Waals surface area contributed by atoms with E-state index in [-0.39, 0.29) is 5.91 Å². The molecule has 24 heavy (non-hydrogen) atoms. The van der Waals surface area contributed by atoms with E-state index in [4.69, 9.17) is 9.47 Å². The van der Waals surface area contributed by atoms with E-state index < -0.39 is 0 Å². The van der Waals surface area contributed by atoms with Crippen LogP contribution in [0.3, 0.4) is 0 Å². The predicted molar refractivity (Wildman–Crippen MR) is 94.8 cm³/mol. The summed E-state index contributed by atoms with van der Waals surface area (Å²) in [4.78, 5) is 19.0. The van der Waals surface area contributed by atoms with E-state index in [1.807, 2.05) is 45.0 Å². The van der Waals surface area contributed by atoms with Crippen LogP contribution in [0.4, 0.5) is 0 Å². The molecule has 0 spiro atoms. The highest BCUT2D eigenvalue weighted by molar-refractivity contribution is 6.01. The van der Waals surface area contributed by atoms with Crippen molar-refractivity contribution in [2.45, 2.75) is 20.8 Å². The number of amides is 1. The Labute approximate surface area is 143 Å². The molecule has 1 aromatic heterocycles. The summed E-state index contributed by atoms with van der Waals surface area (Å²) in [5.74, 6) is 1.18. The topological polar surface area (TPSA) is 51.7 Å². The van der Waals surface area contributed by atoms with Crippen LogP contribution < -0.4 is 9.47 Å². The lowest BCUT2D eigenvalue weighted by molar-refractivity contribution is 0.0773. The molecule has 5 heteroatoms. The van der Waals surface area contributed by atoms with Crippen molar-refractivity contribution in [3.05, 3.63) is 41.6 Å². The number of carbonyl (C=O) groups is 1. The van der Waals surface area contributed by atoms with Gasteiger partial charge in [0.2, 0.25) is 5.88 Å². The van der Waals surface area contributed by atoms with E-state index >= 15 is 0 Å². The molecular formula is C19H24N2O3. The summed E-state index contributed by atoms with van der Waals surface area (Å²) in [7, 11) is 3.18. The van der Waals surface area contributed by atoms with Crippen molar-refractivity contribution in [1.82, 2.24) is 9.88 Å². The summed E-state index contributed by atoms with van der Waals surface area (Å²) in [5, 5.41) is 0. The number of ether oxygens (including phenoxy) is 2. The minimum atomic E-state index is -0.0117. The molecule has 0 unspecified atom stereocenters. The molecule has 1 heterocycles. The van der Waals surface area contributed by atoms with Gasteiger partial charge in [-0.15, -0.1) is 0 Å². The third-order valence-corrected chi connectivity index (χ3v) is 3.96. The summed E-state index contributed by atoms with van der Waals surface area (Å²) < 4.78 is 10.6. The SMILES string of the molecule is CCN(CC)C(=O)c1cc(OC)ccc1-c1cc(C)nc(OC)c1. The molecule has 0 saturated carbocycles. The zero-order valence-electron chi connectivity index (χ0n) is 14.9. The number of aromatic nitrogens is 1. The summed E-state index contributed by atoms with van der Waals surface area (Å²) in [6, 6.07) is 9.34. The maximum Gasteiger partial charge on any atom is 0.254 e. The van der Waals surface area contributed by atoms with Gasteiger partial charge in [-0.3, -0.25) is 4.79 Å². The third kappa shape index (κ3) is 3.67. The van der Waals surface area contributed by atoms with Crippen LogP contribution in [0.1, 0.15) is 29.9 Å². The Morgan fingerprint density at radius 1 is 1.08 bits per heavy atom. The molecule has 1 aromatic carbocycles. The van der Waals surface area contributed by atoms with Crippen LogP contribution in [0, 0.1) is 6.92 Å². The Kier molecular flexibility index (Phi) is 5.79. The van der Waals surface area contributed by atoms with Crippen LogP contribution in [0.15, 0.2) is 30.3 Å². The number of rotatable bonds is 6. The Hall–Kier alpha value is -2.56. The fraction of sp³-hybridized carbons (Fsp3) is 0.368. The molecule has 0 bridgehead atoms. The summed E-state index contributed by atoms with van der Waals surface area (Å²) in [6.45, 7) is 7.17. The molecule has 5 nitrogen and oxygen atoms in total. The van der Waals surface area contributed by atoms with Gasteiger partial charge in [-0.05, 0) is 56.2 Å². The van der Waals surface area contributed by atoms with Gasteiger partial charge in [0.15, 0.2) is 0 Å². The maximum atomic E-state index is 12.9. The van der Waals surface area contributed by atoms with Gasteiger partial charge in [0.05, 0.1) is 19.8 Å². The third-order valence-electron chi connectivity index (χ3n) is 3.96. The standard InChI is InChI=1S/C19H24N2O3/c1-6-21(7-2)19(22)17-12-15(23-4)8-9-16(17)14-10-13(3)20-18(11-14)24-5/h8-12H,6-7H2,1-5H3. The lowest BCUT2D eigenvalue weighted by Crippen LogP contribution is -2.30. The molecule has 0 fully saturated rings. The second kappa shape index (κ2) is 7.81. The van der Waals surface area contributed by atoms with Gasteiger partial charge in [-0.25, -0.2) is 4.98 Å². The average Bonchev–Trinajstić information content (AvgIpc) is 2.61. The lowest BCUT2D eigenvalue weighted by atomic mass is 9.98. The van der Waals surface area contributed by atoms with E-state index in [1.54, 1.807) is 25.2 Å². The van der Waals surface area contributed by atoms with Gasteiger partial charge in [-0.2, -0.15) is 0 Å². The summed E-state index contributed by atoms with van der Waals surface area (Å²) in [6.07, 6.45) is 0. The highest BCUT2D eigenvalue weighted by Crippen LogP contribution is 2.30. The van der Waals surface area contributed by atoms with Crippen molar-refractivity contribution in [1.29, 1.82) is 0 Å². The molecule has 0 radical (unpaired) electrons. The van der Waals surface area contributed by atoms with Crippen LogP contribution in [0.5, 0.6) is 11.6 Å². The number of aryl methyl sites for hydroxylation is 1. The Morgan fingerprint density at radius 3 is 2.38 bits per heavy atom. The zero-order valence-corrected chi connectivity index (χ0v) is 14.9. The largest absolute Gasteiger partial charge is 0.497 e. The Bertz CT molecular complexity index is 725. The van der Waals surface area contributed by atoms with E-state index in [0.717, 1.165) is 16.8 Å². The van der Waals surface area contributed by atoms with Crippen molar-refractivity contribution in [2.24, 2.45) is 0 Å². The second-order valence-corrected chi connectivity index (χ2v) is 5.43. The second-order valence-electron chi connectivity index (χ2n) is 5.43. The van der Waals surface area contributed by atoms with Gasteiger partial charge in [0.25, 0.3) is 5.91 Å². The molecular weight excluding hydrogens is 304 g/mol. The quantitative estimate of drug-likeness (QED) is 0.813. The van der Waals surface area contributed by atoms with Gasteiger partial charge in [0.1, 0.15) is 5.75 Å². The fourth-order valence-corrected chi connectivity index (χ4v) is 2.66. The molecule has 0 aliphatic carbocycles. The number of pyridine rings is 1. The van der Waals surface area contributed by atoms with Gasteiger partial charge in [0, 0.05) is 24.8 Å². The molecule has 0 N–H and O–H groups in total. The molecule has 0 atom stereocenters. The van der Waals surface area contributed by atoms with E-state index in [2.05, 4.69) is 4.98 Å². The van der Waals surface area contributed by atoms with Crippen molar-refractivity contribution in [3.63, 3.8) is 0 Å². The summed E-state index contributed by atoms with van der Waals surface area (Å²) >= 11 is 0. The first-order valence-corrected chi connectivity index (χ1v) is 8.04. The summed E-state index contributed by atoms with van der Waals surface area (Å²) in [5.41, 5.74) is 3.20. The predicted octanol–water partition coefficient (Wildman–Crippen LogP) is 3.56. The molecule has 128 valence electrons. The van der Waals surface area contributed by atoms with E-state index in [1.165, 1.54) is 0 Å². The molecule has 2 aromatic rings. The number of methoxy groups -OCH3 is 2. The number of carbonyl (C=O) groups excluding carboxylic acids is 1. The van der Waals surface area contributed by atoms with Crippen LogP contribution in [-0.4, -0.2) is 43.1 Å². The molecule has 0 aliphatic heterocycles. The molecule has 2 rings (SSSR count). The first-order chi connectivity index (χ1) is 11.5. The average molecular weight is 328 g/mol. The lowest BCUT2D eigenvalue weighted by Gasteiger charge is -2.21. The van der Waals surface area contributed by atoms with E-state index in [9.17, 15) is 4.79 Å². The van der Waals surface area contributed by atoms with Crippen LogP contribution in [0.2, 0.25) is 0 Å². The highest BCUT2D eigenvalue weighted by atomic mass is 16.5. The fourth-order valence-electron chi connectivity index (χ4n) is 2.66. The van der Waals surface area contributed by atoms with Gasteiger partial charge in [-0.1, -0.05) is 0 Å². The number of hydrogen-bond acceptors (Lipinski definition) is 4. The first-order valence-electron chi connectivity index (χ1n) is 8.04. The maximum absolute atomic E-state index is 12.9. The highest BCUT2D eigenvalue weighted by Gasteiger charge is 2.19. The monoisotopic (exact) mass is 328 g/mol. The minimum absolute atomic E-state index is 0.0117. The Balaban J connectivity index is 2.61. The van der Waals surface area contributed by atoms with Crippen molar-refractivity contribution in [3.8, 4) is 22.8 Å². The molecule has 1 amide bonds. The normalized spacial score (nSPS) is 10.4. The smallest absolute Gasteiger partial charge is 0.254 e. The number of benzene rings is 1. The van der Waals surface area contributed by atoms with Crippen molar-refractivity contribution in [2.75, 3.05) is 27.3 Å². The number of hydrogen-bond donors (Lipinski definition) is 0. The van der Waals surface area contributed by atoms with Crippen molar-refractivity contribution < 1.29 is 14.3 Å². The Morgan fingerprint density at radius 2 is 1.79 bits per heavy atom. The van der Waals surface area contributed by atoms with Crippen LogP contribution in [0.25, 0.3) is 11.1 Å². The van der Waals surface area contributed by atoms with Gasteiger partial charge >= 0.3 is 0 Å². The van der Waals surface area contributed by atoms with Crippen LogP contribution >= 0.6 is 0 Å². The zero-order chi connectivity index (χ0) is 17.7. The van der Waals surface area contributed by atoms with E-state index in [0.29, 0.717) is 30.3 Å². The van der Waals surface area contributed by atoms with Gasteiger partial charge < -0.3 is 14.4 Å². The number of nitrogens with zero attached hydrogens (tertiary/aromatic N) is 2. The minimum Gasteiger partial charge on any atom is -0.497 e. The first kappa shape index (κ1) is 17.8. The molecule has 0 saturated heterocycles. The van der Waals surface area contributed by atoms with Crippen LogP contribution in [-0.2, 0) is 0 Å². The molecule has 0 aliphatic rings. The van der Waals surface area contributed by atoms with Crippen molar-refractivity contribution >= 4 is 5.91 Å².